The van der Waals surface area contributed by atoms with Crippen molar-refractivity contribution in [2.45, 2.75) is 39.3 Å². The van der Waals surface area contributed by atoms with Crippen molar-refractivity contribution >= 4 is 0 Å². The molecule has 0 radical (unpaired) electrons. The predicted molar refractivity (Wildman–Crippen MR) is 81.2 cm³/mol. The molecule has 0 aliphatic heterocycles. The van der Waals surface area contributed by atoms with E-state index in [0.717, 1.165) is 37.3 Å². The summed E-state index contributed by atoms with van der Waals surface area (Å²) in [7, 11) is 1.59. The Morgan fingerprint density at radius 2 is 2.05 bits per heavy atom. The maximum Gasteiger partial charge on any atom is 0.233 e. The van der Waals surface area contributed by atoms with Crippen molar-refractivity contribution in [1.29, 1.82) is 0 Å². The Morgan fingerprint density at radius 3 is 2.67 bits per heavy atom. The van der Waals surface area contributed by atoms with Gasteiger partial charge in [0.25, 0.3) is 0 Å². The maximum atomic E-state index is 5.07. The number of hydrogen-bond donors (Lipinski definition) is 1. The molecule has 0 bridgehead atoms. The first-order valence-electron chi connectivity index (χ1n) is 7.42. The molecule has 2 heterocycles. The zero-order chi connectivity index (χ0) is 15.1. The molecule has 2 aromatic rings. The summed E-state index contributed by atoms with van der Waals surface area (Å²) in [6.45, 7) is 6.10. The lowest BCUT2D eigenvalue weighted by Crippen LogP contribution is -2.27. The van der Waals surface area contributed by atoms with Gasteiger partial charge in [0, 0.05) is 18.8 Å². The van der Waals surface area contributed by atoms with E-state index < -0.39 is 0 Å². The van der Waals surface area contributed by atoms with E-state index in [1.807, 2.05) is 29.1 Å². The molecule has 0 amide bonds. The largest absolute Gasteiger partial charge is 0.480 e. The average Bonchev–Trinajstić information content (AvgIpc) is 2.97. The molecule has 0 aliphatic carbocycles. The van der Waals surface area contributed by atoms with Crippen LogP contribution < -0.4 is 10.1 Å². The third-order valence-electron chi connectivity index (χ3n) is 3.24. The zero-order valence-electron chi connectivity index (χ0n) is 12.9. The topological polar surface area (TPSA) is 64.9 Å². The second-order valence-electron chi connectivity index (χ2n) is 4.87. The standard InChI is InChI=1S/C15H23N5O/c1-4-9-16-15(12-6-7-14(21-3)19-18-12)13-8-10-17-20(13)11-5-2/h6-8,10,15-16H,4-5,9,11H2,1-3H3. The van der Waals surface area contributed by atoms with E-state index in [1.54, 1.807) is 7.11 Å². The van der Waals surface area contributed by atoms with Crippen LogP contribution in [0, 0.1) is 0 Å². The molecule has 2 rings (SSSR count). The molecule has 2 aromatic heterocycles. The van der Waals surface area contributed by atoms with Gasteiger partial charge in [-0.25, -0.2) is 0 Å². The summed E-state index contributed by atoms with van der Waals surface area (Å²) < 4.78 is 7.10. The lowest BCUT2D eigenvalue weighted by atomic mass is 10.1. The van der Waals surface area contributed by atoms with Crippen LogP contribution in [0.4, 0.5) is 0 Å². The fraction of sp³-hybridized carbons (Fsp3) is 0.533. The molecular weight excluding hydrogens is 266 g/mol. The van der Waals surface area contributed by atoms with E-state index in [1.165, 1.54) is 0 Å². The molecular formula is C15H23N5O. The molecule has 0 saturated carbocycles. The Morgan fingerprint density at radius 1 is 1.19 bits per heavy atom. The van der Waals surface area contributed by atoms with Gasteiger partial charge in [0.05, 0.1) is 24.5 Å². The van der Waals surface area contributed by atoms with Crippen molar-refractivity contribution in [3.63, 3.8) is 0 Å². The fourth-order valence-corrected chi connectivity index (χ4v) is 2.23. The van der Waals surface area contributed by atoms with E-state index in [4.69, 9.17) is 4.74 Å². The third-order valence-corrected chi connectivity index (χ3v) is 3.24. The molecule has 6 heteroatoms. The average molecular weight is 289 g/mol. The van der Waals surface area contributed by atoms with Crippen LogP contribution in [0.3, 0.4) is 0 Å². The Hall–Kier alpha value is -1.95. The molecule has 0 fully saturated rings. The number of methoxy groups -OCH3 is 1. The summed E-state index contributed by atoms with van der Waals surface area (Å²) in [6, 6.07) is 5.82. The molecule has 1 atom stereocenters. The van der Waals surface area contributed by atoms with Crippen LogP contribution in [0.1, 0.15) is 44.1 Å². The predicted octanol–water partition coefficient (Wildman–Crippen LogP) is 2.18. The summed E-state index contributed by atoms with van der Waals surface area (Å²) in [6.07, 6.45) is 3.94. The summed E-state index contributed by atoms with van der Waals surface area (Å²) >= 11 is 0. The lowest BCUT2D eigenvalue weighted by Gasteiger charge is -2.19. The molecule has 114 valence electrons. The number of aromatic nitrogens is 4. The summed E-state index contributed by atoms with van der Waals surface area (Å²) in [5.41, 5.74) is 1.99. The number of nitrogens with zero attached hydrogens (tertiary/aromatic N) is 4. The SMILES string of the molecule is CCCNC(c1ccc(OC)nn1)c1ccnn1CCC. The van der Waals surface area contributed by atoms with Crippen molar-refractivity contribution in [3.8, 4) is 5.88 Å². The molecule has 0 aliphatic rings. The Kier molecular flexibility index (Phi) is 5.68. The quantitative estimate of drug-likeness (QED) is 0.807. The van der Waals surface area contributed by atoms with Gasteiger partial charge in [-0.3, -0.25) is 4.68 Å². The minimum absolute atomic E-state index is 0.00240. The second kappa shape index (κ2) is 7.73. The first-order chi connectivity index (χ1) is 10.3. The number of aryl methyl sites for hydroxylation is 1. The van der Waals surface area contributed by atoms with Crippen molar-refractivity contribution in [3.05, 3.63) is 35.8 Å². The highest BCUT2D eigenvalue weighted by Crippen LogP contribution is 2.21. The normalized spacial score (nSPS) is 12.3. The van der Waals surface area contributed by atoms with Gasteiger partial charge in [-0.2, -0.15) is 5.10 Å². The van der Waals surface area contributed by atoms with Crippen LogP contribution in [-0.4, -0.2) is 33.6 Å². The van der Waals surface area contributed by atoms with Crippen molar-refractivity contribution < 1.29 is 4.74 Å². The van der Waals surface area contributed by atoms with E-state index in [9.17, 15) is 0 Å². The molecule has 0 aromatic carbocycles. The van der Waals surface area contributed by atoms with Crippen LogP contribution in [0.25, 0.3) is 0 Å². The van der Waals surface area contributed by atoms with Crippen molar-refractivity contribution in [2.24, 2.45) is 0 Å². The van der Waals surface area contributed by atoms with Crippen molar-refractivity contribution in [1.82, 2.24) is 25.3 Å². The van der Waals surface area contributed by atoms with Crippen LogP contribution in [0.5, 0.6) is 5.88 Å². The van der Waals surface area contributed by atoms with Crippen LogP contribution in [-0.2, 0) is 6.54 Å². The van der Waals surface area contributed by atoms with Gasteiger partial charge in [0.2, 0.25) is 5.88 Å². The van der Waals surface area contributed by atoms with Crippen molar-refractivity contribution in [2.75, 3.05) is 13.7 Å². The zero-order valence-corrected chi connectivity index (χ0v) is 12.9. The third kappa shape index (κ3) is 3.78. The van der Waals surface area contributed by atoms with E-state index in [0.29, 0.717) is 5.88 Å². The van der Waals surface area contributed by atoms with E-state index >= 15 is 0 Å². The second-order valence-corrected chi connectivity index (χ2v) is 4.87. The highest BCUT2D eigenvalue weighted by atomic mass is 16.5. The van der Waals surface area contributed by atoms with Crippen LogP contribution in [0.15, 0.2) is 24.4 Å². The minimum Gasteiger partial charge on any atom is -0.480 e. The van der Waals surface area contributed by atoms with Gasteiger partial charge < -0.3 is 10.1 Å². The first-order valence-corrected chi connectivity index (χ1v) is 7.42. The molecule has 21 heavy (non-hydrogen) atoms. The summed E-state index contributed by atoms with van der Waals surface area (Å²) in [5.74, 6) is 0.523. The van der Waals surface area contributed by atoms with E-state index in [2.05, 4.69) is 34.5 Å². The highest BCUT2D eigenvalue weighted by molar-refractivity contribution is 5.23. The molecule has 0 spiro atoms. The smallest absolute Gasteiger partial charge is 0.233 e. The molecule has 1 N–H and O–H groups in total. The maximum absolute atomic E-state index is 5.07. The molecule has 1 unspecified atom stereocenters. The molecule has 0 saturated heterocycles. The summed E-state index contributed by atoms with van der Waals surface area (Å²) in [4.78, 5) is 0. The van der Waals surface area contributed by atoms with Gasteiger partial charge >= 0.3 is 0 Å². The number of nitrogens with one attached hydrogen (secondary N) is 1. The monoisotopic (exact) mass is 289 g/mol. The van der Waals surface area contributed by atoms with Gasteiger partial charge in [0.15, 0.2) is 0 Å². The van der Waals surface area contributed by atoms with Crippen LogP contribution in [0.2, 0.25) is 0 Å². The Balaban J connectivity index is 2.29. The minimum atomic E-state index is -0.00240. The van der Waals surface area contributed by atoms with Gasteiger partial charge in [-0.05, 0) is 31.5 Å². The summed E-state index contributed by atoms with van der Waals surface area (Å²) in [5, 5.41) is 16.3. The van der Waals surface area contributed by atoms with Gasteiger partial charge in [-0.1, -0.05) is 13.8 Å². The first kappa shape index (κ1) is 15.4. The van der Waals surface area contributed by atoms with Crippen LogP contribution >= 0.6 is 0 Å². The van der Waals surface area contributed by atoms with Gasteiger partial charge in [0.1, 0.15) is 0 Å². The molecule has 6 nitrogen and oxygen atoms in total. The Labute approximate surface area is 125 Å². The lowest BCUT2D eigenvalue weighted by molar-refractivity contribution is 0.389. The Bertz CT molecular complexity index is 537. The van der Waals surface area contributed by atoms with E-state index in [-0.39, 0.29) is 6.04 Å². The number of rotatable bonds is 8. The number of hydrogen-bond acceptors (Lipinski definition) is 5. The fourth-order valence-electron chi connectivity index (χ4n) is 2.23. The number of ether oxygens (including phenoxy) is 1. The van der Waals surface area contributed by atoms with Gasteiger partial charge in [-0.15, -0.1) is 10.2 Å². The highest BCUT2D eigenvalue weighted by Gasteiger charge is 2.19.